The molecule has 0 aliphatic carbocycles. The highest BCUT2D eigenvalue weighted by atomic mass is 16.5. The Morgan fingerprint density at radius 1 is 1.11 bits per heavy atom. The molecular weight excluding hydrogens is 244 g/mol. The highest BCUT2D eigenvalue weighted by Crippen LogP contribution is 2.22. The van der Waals surface area contributed by atoms with Crippen molar-refractivity contribution in [1.29, 1.82) is 0 Å². The molecule has 0 aliphatic heterocycles. The smallest absolute Gasteiger partial charge is 0.308 e. The number of carbonyl (C=O) groups is 2. The average molecular weight is 264 g/mol. The van der Waals surface area contributed by atoms with E-state index in [1.54, 1.807) is 14.0 Å². The Morgan fingerprint density at radius 2 is 1.68 bits per heavy atom. The van der Waals surface area contributed by atoms with Gasteiger partial charge in [0.15, 0.2) is 0 Å². The lowest BCUT2D eigenvalue weighted by Gasteiger charge is -2.14. The molecule has 1 rings (SSSR count). The van der Waals surface area contributed by atoms with Crippen LogP contribution in [0.15, 0.2) is 24.3 Å². The van der Waals surface area contributed by atoms with Crippen molar-refractivity contribution in [1.82, 2.24) is 0 Å². The van der Waals surface area contributed by atoms with E-state index in [9.17, 15) is 9.59 Å². The van der Waals surface area contributed by atoms with Crippen LogP contribution in [0.4, 0.5) is 0 Å². The summed E-state index contributed by atoms with van der Waals surface area (Å²) in [7, 11) is 2.93. The van der Waals surface area contributed by atoms with Gasteiger partial charge in [-0.25, -0.2) is 0 Å². The van der Waals surface area contributed by atoms with Crippen LogP contribution in [0, 0.1) is 5.92 Å². The summed E-state index contributed by atoms with van der Waals surface area (Å²) >= 11 is 0. The lowest BCUT2D eigenvalue weighted by atomic mass is 9.91. The second kappa shape index (κ2) is 6.92. The number of benzene rings is 1. The highest BCUT2D eigenvalue weighted by molar-refractivity contribution is 5.89. The van der Waals surface area contributed by atoms with Crippen molar-refractivity contribution >= 4 is 11.8 Å². The Labute approximate surface area is 113 Å². The molecule has 0 bridgehead atoms. The molecule has 0 saturated heterocycles. The van der Waals surface area contributed by atoms with Gasteiger partial charge in [-0.1, -0.05) is 26.0 Å². The minimum atomic E-state index is -0.404. The van der Waals surface area contributed by atoms with Gasteiger partial charge in [-0.05, 0) is 17.7 Å². The number of methoxy groups -OCH3 is 2. The van der Waals surface area contributed by atoms with E-state index in [-0.39, 0.29) is 24.1 Å². The number of ketones is 1. The van der Waals surface area contributed by atoms with Crippen LogP contribution in [0.2, 0.25) is 0 Å². The van der Waals surface area contributed by atoms with Crippen molar-refractivity contribution in [3.8, 4) is 5.75 Å². The number of ether oxygens (including phenoxy) is 2. The molecule has 0 saturated carbocycles. The summed E-state index contributed by atoms with van der Waals surface area (Å²) in [5.74, 6) is -0.208. The fourth-order valence-electron chi connectivity index (χ4n) is 1.84. The van der Waals surface area contributed by atoms with Gasteiger partial charge >= 0.3 is 5.97 Å². The first-order chi connectivity index (χ1) is 8.99. The van der Waals surface area contributed by atoms with Gasteiger partial charge in [-0.3, -0.25) is 9.59 Å². The molecule has 1 aromatic carbocycles. The molecule has 0 radical (unpaired) electrons. The molecule has 0 amide bonds. The van der Waals surface area contributed by atoms with Crippen LogP contribution in [-0.4, -0.2) is 26.0 Å². The summed E-state index contributed by atoms with van der Waals surface area (Å²) in [6.07, 6.45) is 0.194. The van der Waals surface area contributed by atoms with Gasteiger partial charge in [0.05, 0.1) is 20.1 Å². The highest BCUT2D eigenvalue weighted by Gasteiger charge is 2.22. The SMILES string of the molecule is COC(=O)[C@H](C)CC(=O)[C@@H](C)c1ccc(OC)cc1. The van der Waals surface area contributed by atoms with Crippen LogP contribution < -0.4 is 4.74 Å². The van der Waals surface area contributed by atoms with Crippen molar-refractivity contribution in [2.75, 3.05) is 14.2 Å². The summed E-state index contributed by atoms with van der Waals surface area (Å²) in [4.78, 5) is 23.4. The lowest BCUT2D eigenvalue weighted by Crippen LogP contribution is -2.19. The molecular formula is C15H20O4. The average Bonchev–Trinajstić information content (AvgIpc) is 2.45. The third-order valence-corrected chi connectivity index (χ3v) is 3.21. The number of rotatable bonds is 6. The quantitative estimate of drug-likeness (QED) is 0.741. The second-order valence-corrected chi connectivity index (χ2v) is 4.59. The Morgan fingerprint density at radius 3 is 2.16 bits per heavy atom. The van der Waals surface area contributed by atoms with Gasteiger partial charge in [0.25, 0.3) is 0 Å². The van der Waals surface area contributed by atoms with E-state index in [0.717, 1.165) is 11.3 Å². The van der Waals surface area contributed by atoms with Crippen molar-refractivity contribution in [3.63, 3.8) is 0 Å². The van der Waals surface area contributed by atoms with Gasteiger partial charge in [-0.2, -0.15) is 0 Å². The molecule has 0 aromatic heterocycles. The first-order valence-corrected chi connectivity index (χ1v) is 6.24. The molecule has 0 spiro atoms. The molecule has 0 fully saturated rings. The number of esters is 1. The van der Waals surface area contributed by atoms with Crippen LogP contribution in [0.1, 0.15) is 31.7 Å². The third kappa shape index (κ3) is 4.09. The minimum Gasteiger partial charge on any atom is -0.497 e. The number of Topliss-reactive ketones (excluding diaryl/α,β-unsaturated/α-hetero) is 1. The van der Waals surface area contributed by atoms with Gasteiger partial charge in [0, 0.05) is 12.3 Å². The molecule has 2 atom stereocenters. The van der Waals surface area contributed by atoms with Gasteiger partial charge < -0.3 is 9.47 Å². The zero-order chi connectivity index (χ0) is 14.4. The molecule has 0 heterocycles. The number of hydrogen-bond acceptors (Lipinski definition) is 4. The minimum absolute atomic E-state index is 0.0306. The van der Waals surface area contributed by atoms with Crippen LogP contribution >= 0.6 is 0 Å². The maximum absolute atomic E-state index is 12.1. The first-order valence-electron chi connectivity index (χ1n) is 6.24. The molecule has 0 aliphatic rings. The Bertz CT molecular complexity index is 436. The van der Waals surface area contributed by atoms with E-state index in [1.165, 1.54) is 7.11 Å². The van der Waals surface area contributed by atoms with Crippen molar-refractivity contribution in [2.24, 2.45) is 5.92 Å². The molecule has 104 valence electrons. The maximum atomic E-state index is 12.1. The predicted octanol–water partition coefficient (Wildman–Crippen LogP) is 2.57. The molecule has 1 aromatic rings. The lowest BCUT2D eigenvalue weighted by molar-refractivity contribution is -0.146. The molecule has 4 nitrogen and oxygen atoms in total. The fraction of sp³-hybridized carbons (Fsp3) is 0.467. The monoisotopic (exact) mass is 264 g/mol. The van der Waals surface area contributed by atoms with Crippen molar-refractivity contribution in [3.05, 3.63) is 29.8 Å². The van der Waals surface area contributed by atoms with E-state index in [4.69, 9.17) is 4.74 Å². The predicted molar refractivity (Wildman–Crippen MR) is 72.2 cm³/mol. The molecule has 19 heavy (non-hydrogen) atoms. The van der Waals surface area contributed by atoms with Gasteiger partial charge in [0.2, 0.25) is 0 Å². The van der Waals surface area contributed by atoms with Gasteiger partial charge in [-0.15, -0.1) is 0 Å². The summed E-state index contributed by atoms with van der Waals surface area (Å²) in [5, 5.41) is 0. The number of carbonyl (C=O) groups excluding carboxylic acids is 2. The van der Waals surface area contributed by atoms with E-state index in [2.05, 4.69) is 4.74 Å². The summed E-state index contributed by atoms with van der Waals surface area (Å²) < 4.78 is 9.69. The first kappa shape index (κ1) is 15.2. The topological polar surface area (TPSA) is 52.6 Å². The Balaban J connectivity index is 2.68. The summed E-state index contributed by atoms with van der Waals surface area (Å²) in [5.41, 5.74) is 0.919. The van der Waals surface area contributed by atoms with E-state index < -0.39 is 5.92 Å². The largest absolute Gasteiger partial charge is 0.497 e. The van der Waals surface area contributed by atoms with E-state index in [0.29, 0.717) is 0 Å². The van der Waals surface area contributed by atoms with Crippen molar-refractivity contribution < 1.29 is 19.1 Å². The van der Waals surface area contributed by atoms with Crippen LogP contribution in [-0.2, 0) is 14.3 Å². The van der Waals surface area contributed by atoms with Crippen molar-refractivity contribution in [2.45, 2.75) is 26.2 Å². The summed E-state index contributed by atoms with van der Waals surface area (Å²) in [6, 6.07) is 7.38. The Hall–Kier alpha value is -1.84. The normalized spacial score (nSPS) is 13.5. The Kier molecular flexibility index (Phi) is 5.55. The van der Waals surface area contributed by atoms with Crippen LogP contribution in [0.3, 0.4) is 0 Å². The molecule has 4 heteroatoms. The van der Waals surface area contributed by atoms with Gasteiger partial charge in [0.1, 0.15) is 11.5 Å². The second-order valence-electron chi connectivity index (χ2n) is 4.59. The number of hydrogen-bond donors (Lipinski definition) is 0. The van der Waals surface area contributed by atoms with E-state index >= 15 is 0 Å². The zero-order valence-electron chi connectivity index (χ0n) is 11.8. The van der Waals surface area contributed by atoms with Crippen LogP contribution in [0.5, 0.6) is 5.75 Å². The molecule has 0 unspecified atom stereocenters. The van der Waals surface area contributed by atoms with E-state index in [1.807, 2.05) is 31.2 Å². The third-order valence-electron chi connectivity index (χ3n) is 3.21. The standard InChI is InChI=1S/C15H20O4/c1-10(15(17)19-4)9-14(16)11(2)12-5-7-13(18-3)8-6-12/h5-8,10-11H,9H2,1-4H3/t10-,11+/m1/s1. The summed E-state index contributed by atoms with van der Waals surface area (Å²) in [6.45, 7) is 3.54. The molecule has 0 N–H and O–H groups in total. The maximum Gasteiger partial charge on any atom is 0.308 e. The van der Waals surface area contributed by atoms with Crippen LogP contribution in [0.25, 0.3) is 0 Å². The zero-order valence-corrected chi connectivity index (χ0v) is 11.8. The fourth-order valence-corrected chi connectivity index (χ4v) is 1.84.